The number of hydrogen-bond acceptors (Lipinski definition) is 5. The van der Waals surface area contributed by atoms with Crippen LogP contribution in [0.4, 0.5) is 19.1 Å². The molecule has 0 saturated carbocycles. The second-order valence-corrected chi connectivity index (χ2v) is 6.18. The number of aromatic amines is 1. The molecule has 3 heterocycles. The molecule has 6 nitrogen and oxygen atoms in total. The van der Waals surface area contributed by atoms with E-state index in [0.29, 0.717) is 18.3 Å². The lowest BCUT2D eigenvalue weighted by Gasteiger charge is -2.31. The van der Waals surface area contributed by atoms with Crippen molar-refractivity contribution in [3.05, 3.63) is 29.1 Å². The maximum atomic E-state index is 12.8. The van der Waals surface area contributed by atoms with Crippen molar-refractivity contribution < 1.29 is 13.2 Å². The molecule has 1 aliphatic rings. The molecular weight excluding hydrogens is 333 g/mol. The molecule has 136 valence electrons. The molecule has 0 aliphatic carbocycles. The fourth-order valence-corrected chi connectivity index (χ4v) is 3.13. The van der Waals surface area contributed by atoms with Crippen LogP contribution in [0.25, 0.3) is 0 Å². The van der Waals surface area contributed by atoms with Crippen LogP contribution in [-0.2, 0) is 19.0 Å². The Morgan fingerprint density at radius 2 is 1.96 bits per heavy atom. The van der Waals surface area contributed by atoms with Crippen LogP contribution < -0.4 is 4.90 Å². The summed E-state index contributed by atoms with van der Waals surface area (Å²) in [6, 6.07) is 0. The standard InChI is InChI=1S/C16H21F3N6/c1-3-11-12(4-2)23-24-15(21-11)25-7-5-6-10(9-25)14-20-8-13(22-14)16(17,18)19/h8,10H,3-7,9H2,1-2H3,(H,20,22). The van der Waals surface area contributed by atoms with Crippen LogP contribution >= 0.6 is 0 Å². The highest BCUT2D eigenvalue weighted by molar-refractivity contribution is 5.32. The van der Waals surface area contributed by atoms with Gasteiger partial charge in [0.2, 0.25) is 5.95 Å². The van der Waals surface area contributed by atoms with Crippen molar-refractivity contribution in [3.8, 4) is 0 Å². The fourth-order valence-electron chi connectivity index (χ4n) is 3.13. The Morgan fingerprint density at radius 1 is 1.20 bits per heavy atom. The number of imidazole rings is 1. The van der Waals surface area contributed by atoms with Gasteiger partial charge in [0.05, 0.1) is 17.6 Å². The predicted octanol–water partition coefficient (Wildman–Crippen LogP) is 3.12. The van der Waals surface area contributed by atoms with E-state index in [2.05, 4.69) is 25.1 Å². The number of H-pyrrole nitrogens is 1. The SMILES string of the molecule is CCc1nnc(N2CCCC(c3ncc(C(F)(F)F)[nH]3)C2)nc1CC. The maximum absolute atomic E-state index is 12.8. The van der Waals surface area contributed by atoms with E-state index < -0.39 is 11.9 Å². The molecule has 1 atom stereocenters. The number of aromatic nitrogens is 5. The molecule has 2 aromatic rings. The predicted molar refractivity (Wildman–Crippen MR) is 86.4 cm³/mol. The molecule has 1 fully saturated rings. The topological polar surface area (TPSA) is 70.6 Å². The number of rotatable bonds is 4. The van der Waals surface area contributed by atoms with Gasteiger partial charge in [0.15, 0.2) is 0 Å². The maximum Gasteiger partial charge on any atom is 0.432 e. The van der Waals surface area contributed by atoms with Crippen LogP contribution in [0, 0.1) is 0 Å². The highest BCUT2D eigenvalue weighted by atomic mass is 19.4. The molecule has 1 unspecified atom stereocenters. The highest BCUT2D eigenvalue weighted by Crippen LogP contribution is 2.31. The zero-order valence-corrected chi connectivity index (χ0v) is 14.3. The minimum Gasteiger partial charge on any atom is -0.339 e. The van der Waals surface area contributed by atoms with E-state index in [0.717, 1.165) is 49.8 Å². The number of piperidine rings is 1. The lowest BCUT2D eigenvalue weighted by Crippen LogP contribution is -2.36. The largest absolute Gasteiger partial charge is 0.432 e. The van der Waals surface area contributed by atoms with E-state index in [1.54, 1.807) is 0 Å². The van der Waals surface area contributed by atoms with E-state index in [-0.39, 0.29) is 5.92 Å². The normalized spacial score (nSPS) is 18.6. The second kappa shape index (κ2) is 6.97. The molecule has 0 amide bonds. The van der Waals surface area contributed by atoms with Crippen LogP contribution in [0.15, 0.2) is 6.20 Å². The van der Waals surface area contributed by atoms with Gasteiger partial charge in [-0.1, -0.05) is 13.8 Å². The third-order valence-electron chi connectivity index (χ3n) is 4.49. The zero-order valence-electron chi connectivity index (χ0n) is 14.3. The van der Waals surface area contributed by atoms with Crippen molar-refractivity contribution in [2.24, 2.45) is 0 Å². The van der Waals surface area contributed by atoms with Crippen molar-refractivity contribution in [2.45, 2.75) is 51.6 Å². The lowest BCUT2D eigenvalue weighted by atomic mass is 9.97. The quantitative estimate of drug-likeness (QED) is 0.913. The first kappa shape index (κ1) is 17.6. The van der Waals surface area contributed by atoms with Gasteiger partial charge in [0.25, 0.3) is 0 Å². The molecule has 25 heavy (non-hydrogen) atoms. The van der Waals surface area contributed by atoms with Gasteiger partial charge in [0.1, 0.15) is 11.5 Å². The van der Waals surface area contributed by atoms with Crippen LogP contribution in [0.2, 0.25) is 0 Å². The second-order valence-electron chi connectivity index (χ2n) is 6.18. The Kier molecular flexibility index (Phi) is 4.91. The minimum absolute atomic E-state index is 0.107. The van der Waals surface area contributed by atoms with Crippen molar-refractivity contribution >= 4 is 5.95 Å². The van der Waals surface area contributed by atoms with Crippen molar-refractivity contribution in [3.63, 3.8) is 0 Å². The monoisotopic (exact) mass is 354 g/mol. The van der Waals surface area contributed by atoms with Crippen LogP contribution in [-0.4, -0.2) is 38.2 Å². The number of nitrogens with one attached hydrogen (secondary N) is 1. The van der Waals surface area contributed by atoms with Crippen LogP contribution in [0.3, 0.4) is 0 Å². The van der Waals surface area contributed by atoms with E-state index in [1.807, 2.05) is 18.7 Å². The average Bonchev–Trinajstić information content (AvgIpc) is 3.12. The number of alkyl halides is 3. The highest BCUT2D eigenvalue weighted by Gasteiger charge is 2.34. The lowest BCUT2D eigenvalue weighted by molar-refractivity contribution is -0.141. The molecule has 0 radical (unpaired) electrons. The first-order valence-electron chi connectivity index (χ1n) is 8.51. The molecule has 9 heteroatoms. The molecule has 0 bridgehead atoms. The summed E-state index contributed by atoms with van der Waals surface area (Å²) in [5.74, 6) is 0.802. The van der Waals surface area contributed by atoms with E-state index >= 15 is 0 Å². The molecule has 3 rings (SSSR count). The molecule has 1 N–H and O–H groups in total. The van der Waals surface area contributed by atoms with Crippen LogP contribution in [0.1, 0.15) is 55.5 Å². The summed E-state index contributed by atoms with van der Waals surface area (Å²) < 4.78 is 38.3. The van der Waals surface area contributed by atoms with Gasteiger partial charge < -0.3 is 9.88 Å². The Morgan fingerprint density at radius 3 is 2.60 bits per heavy atom. The molecule has 1 aliphatic heterocycles. The van der Waals surface area contributed by atoms with Gasteiger partial charge in [-0.05, 0) is 25.7 Å². The molecular formula is C16H21F3N6. The fraction of sp³-hybridized carbons (Fsp3) is 0.625. The summed E-state index contributed by atoms with van der Waals surface area (Å²) in [4.78, 5) is 12.9. The summed E-state index contributed by atoms with van der Waals surface area (Å²) in [5.41, 5.74) is 1.01. The Balaban J connectivity index is 1.78. The summed E-state index contributed by atoms with van der Waals surface area (Å²) >= 11 is 0. The third kappa shape index (κ3) is 3.74. The zero-order chi connectivity index (χ0) is 18.0. The van der Waals surface area contributed by atoms with Gasteiger partial charge in [0, 0.05) is 19.0 Å². The number of aryl methyl sites for hydroxylation is 2. The van der Waals surface area contributed by atoms with Crippen molar-refractivity contribution in [2.75, 3.05) is 18.0 Å². The smallest absolute Gasteiger partial charge is 0.339 e. The van der Waals surface area contributed by atoms with Gasteiger partial charge >= 0.3 is 6.18 Å². The number of halogens is 3. The number of anilines is 1. The van der Waals surface area contributed by atoms with Gasteiger partial charge in [-0.25, -0.2) is 9.97 Å². The third-order valence-corrected chi connectivity index (χ3v) is 4.49. The first-order valence-corrected chi connectivity index (χ1v) is 8.51. The molecule has 0 spiro atoms. The Bertz CT molecular complexity index is 727. The summed E-state index contributed by atoms with van der Waals surface area (Å²) in [6.07, 6.45) is -0.375. The number of nitrogens with zero attached hydrogens (tertiary/aromatic N) is 5. The molecule has 2 aromatic heterocycles. The van der Waals surface area contributed by atoms with Gasteiger partial charge in [-0.15, -0.1) is 5.10 Å². The minimum atomic E-state index is -4.40. The molecule has 1 saturated heterocycles. The van der Waals surface area contributed by atoms with Crippen molar-refractivity contribution in [1.82, 2.24) is 25.1 Å². The van der Waals surface area contributed by atoms with Crippen LogP contribution in [0.5, 0.6) is 0 Å². The van der Waals surface area contributed by atoms with Gasteiger partial charge in [-0.2, -0.15) is 18.3 Å². The van der Waals surface area contributed by atoms with E-state index in [1.165, 1.54) is 0 Å². The van der Waals surface area contributed by atoms with E-state index in [9.17, 15) is 13.2 Å². The summed E-state index contributed by atoms with van der Waals surface area (Å²) in [6.45, 7) is 5.32. The van der Waals surface area contributed by atoms with Crippen molar-refractivity contribution in [1.29, 1.82) is 0 Å². The summed E-state index contributed by atoms with van der Waals surface area (Å²) in [7, 11) is 0. The van der Waals surface area contributed by atoms with E-state index in [4.69, 9.17) is 0 Å². The summed E-state index contributed by atoms with van der Waals surface area (Å²) in [5, 5.41) is 8.46. The Labute approximate surface area is 143 Å². The Hall–Kier alpha value is -2.19. The average molecular weight is 354 g/mol. The number of hydrogen-bond donors (Lipinski definition) is 1. The van der Waals surface area contributed by atoms with Gasteiger partial charge in [-0.3, -0.25) is 0 Å². The first-order chi connectivity index (χ1) is 11.9. The molecule has 0 aromatic carbocycles.